The molecule has 0 aromatic heterocycles. The number of hydrogen-bond donors (Lipinski definition) is 1. The topological polar surface area (TPSA) is 35.8 Å². The summed E-state index contributed by atoms with van der Waals surface area (Å²) in [5.41, 5.74) is 0.748. The molecule has 4 heteroatoms. The first kappa shape index (κ1) is 12.3. The largest absolute Gasteiger partial charge is 0.380 e. The SMILES string of the molecule is CSC1CCCC1Nc1cccc(F)c1C#N. The van der Waals surface area contributed by atoms with E-state index < -0.39 is 5.82 Å². The molecule has 0 bridgehead atoms. The third-order valence-corrected chi connectivity index (χ3v) is 4.39. The van der Waals surface area contributed by atoms with Gasteiger partial charge in [0.2, 0.25) is 0 Å². The van der Waals surface area contributed by atoms with Gasteiger partial charge in [-0.3, -0.25) is 0 Å². The van der Waals surface area contributed by atoms with Crippen LogP contribution in [0.3, 0.4) is 0 Å². The molecule has 1 aromatic carbocycles. The van der Waals surface area contributed by atoms with Crippen molar-refractivity contribution < 1.29 is 4.39 Å². The normalized spacial score (nSPS) is 23.4. The highest BCUT2D eigenvalue weighted by Crippen LogP contribution is 2.31. The summed E-state index contributed by atoms with van der Waals surface area (Å²) in [5.74, 6) is -0.448. The molecule has 1 fully saturated rings. The minimum atomic E-state index is -0.448. The molecule has 1 aliphatic carbocycles. The lowest BCUT2D eigenvalue weighted by atomic mass is 10.1. The van der Waals surface area contributed by atoms with Crippen LogP contribution < -0.4 is 5.32 Å². The van der Waals surface area contributed by atoms with Gasteiger partial charge in [0.1, 0.15) is 17.4 Å². The van der Waals surface area contributed by atoms with Gasteiger partial charge in [-0.25, -0.2) is 4.39 Å². The second-order valence-electron chi connectivity index (χ2n) is 4.23. The van der Waals surface area contributed by atoms with Crippen LogP contribution in [0.15, 0.2) is 18.2 Å². The zero-order valence-corrected chi connectivity index (χ0v) is 10.6. The standard InChI is InChI=1S/C13H15FN2S/c1-17-13-7-3-6-12(13)16-11-5-2-4-10(14)9(11)8-15/h2,4-5,12-13,16H,3,6-7H2,1H3. The van der Waals surface area contributed by atoms with Crippen LogP contribution in [0.4, 0.5) is 10.1 Å². The smallest absolute Gasteiger partial charge is 0.143 e. The Morgan fingerprint density at radius 2 is 2.29 bits per heavy atom. The van der Waals surface area contributed by atoms with Crippen LogP contribution in [0, 0.1) is 17.1 Å². The van der Waals surface area contributed by atoms with E-state index in [2.05, 4.69) is 11.6 Å². The van der Waals surface area contributed by atoms with Gasteiger partial charge < -0.3 is 5.32 Å². The Labute approximate surface area is 105 Å². The number of nitriles is 1. The third-order valence-electron chi connectivity index (χ3n) is 3.22. The molecule has 2 rings (SSSR count). The molecule has 0 spiro atoms. The highest BCUT2D eigenvalue weighted by atomic mass is 32.2. The molecule has 1 saturated carbocycles. The second kappa shape index (κ2) is 5.42. The van der Waals surface area contributed by atoms with Crippen LogP contribution in [0.2, 0.25) is 0 Å². The first-order chi connectivity index (χ1) is 8.26. The highest BCUT2D eigenvalue weighted by Gasteiger charge is 2.27. The summed E-state index contributed by atoms with van der Waals surface area (Å²) in [7, 11) is 0. The minimum absolute atomic E-state index is 0.124. The number of halogens is 1. The maximum Gasteiger partial charge on any atom is 0.143 e. The monoisotopic (exact) mass is 250 g/mol. The molecule has 2 unspecified atom stereocenters. The lowest BCUT2D eigenvalue weighted by molar-refractivity contribution is 0.623. The molecule has 2 nitrogen and oxygen atoms in total. The number of thioether (sulfide) groups is 1. The zero-order chi connectivity index (χ0) is 12.3. The number of hydrogen-bond acceptors (Lipinski definition) is 3. The van der Waals surface area contributed by atoms with Gasteiger partial charge in [0.15, 0.2) is 0 Å². The van der Waals surface area contributed by atoms with Crippen molar-refractivity contribution in [1.82, 2.24) is 0 Å². The summed E-state index contributed by atoms with van der Waals surface area (Å²) < 4.78 is 13.4. The van der Waals surface area contributed by atoms with E-state index in [4.69, 9.17) is 5.26 Å². The lowest BCUT2D eigenvalue weighted by Gasteiger charge is -2.21. The van der Waals surface area contributed by atoms with Gasteiger partial charge in [-0.05, 0) is 31.2 Å². The molecule has 1 N–H and O–H groups in total. The Bertz CT molecular complexity index is 442. The van der Waals surface area contributed by atoms with E-state index in [0.717, 1.165) is 6.42 Å². The number of nitrogens with zero attached hydrogens (tertiary/aromatic N) is 1. The van der Waals surface area contributed by atoms with Gasteiger partial charge in [-0.2, -0.15) is 17.0 Å². The molecule has 0 heterocycles. The van der Waals surface area contributed by atoms with E-state index >= 15 is 0 Å². The van der Waals surface area contributed by atoms with Crippen molar-refractivity contribution >= 4 is 17.4 Å². The quantitative estimate of drug-likeness (QED) is 0.893. The van der Waals surface area contributed by atoms with E-state index in [1.165, 1.54) is 18.9 Å². The summed E-state index contributed by atoms with van der Waals surface area (Å²) >= 11 is 1.84. The van der Waals surface area contributed by atoms with Crippen molar-refractivity contribution in [2.24, 2.45) is 0 Å². The first-order valence-corrected chi connectivity index (χ1v) is 7.03. The van der Waals surface area contributed by atoms with Crippen LogP contribution in [-0.4, -0.2) is 17.5 Å². The highest BCUT2D eigenvalue weighted by molar-refractivity contribution is 7.99. The average molecular weight is 250 g/mol. The van der Waals surface area contributed by atoms with Crippen LogP contribution in [0.1, 0.15) is 24.8 Å². The van der Waals surface area contributed by atoms with E-state index in [1.54, 1.807) is 12.1 Å². The number of benzene rings is 1. The number of anilines is 1. The van der Waals surface area contributed by atoms with Crippen molar-refractivity contribution in [3.63, 3.8) is 0 Å². The van der Waals surface area contributed by atoms with Crippen molar-refractivity contribution in [2.75, 3.05) is 11.6 Å². The maximum atomic E-state index is 13.4. The molecule has 0 amide bonds. The summed E-state index contributed by atoms with van der Waals surface area (Å²) in [5, 5.41) is 12.8. The summed E-state index contributed by atoms with van der Waals surface area (Å²) in [6, 6.07) is 7.01. The molecule has 2 atom stereocenters. The molecular weight excluding hydrogens is 235 g/mol. The Kier molecular flexibility index (Phi) is 3.90. The van der Waals surface area contributed by atoms with Crippen LogP contribution >= 0.6 is 11.8 Å². The Morgan fingerprint density at radius 1 is 1.47 bits per heavy atom. The first-order valence-electron chi connectivity index (χ1n) is 5.74. The van der Waals surface area contributed by atoms with E-state index in [-0.39, 0.29) is 5.56 Å². The molecule has 0 saturated heterocycles. The van der Waals surface area contributed by atoms with Crippen molar-refractivity contribution in [1.29, 1.82) is 5.26 Å². The van der Waals surface area contributed by atoms with E-state index in [9.17, 15) is 4.39 Å². The predicted molar refractivity (Wildman–Crippen MR) is 69.7 cm³/mol. The molecule has 0 radical (unpaired) electrons. The fourth-order valence-electron chi connectivity index (χ4n) is 2.33. The van der Waals surface area contributed by atoms with Gasteiger partial charge in [-0.15, -0.1) is 0 Å². The lowest BCUT2D eigenvalue weighted by Crippen LogP contribution is -2.26. The summed E-state index contributed by atoms with van der Waals surface area (Å²) in [6.07, 6.45) is 5.57. The number of rotatable bonds is 3. The van der Waals surface area contributed by atoms with E-state index in [0.29, 0.717) is 17.0 Å². The van der Waals surface area contributed by atoms with Gasteiger partial charge >= 0.3 is 0 Å². The van der Waals surface area contributed by atoms with Crippen molar-refractivity contribution in [3.05, 3.63) is 29.6 Å². The predicted octanol–water partition coefficient (Wildman–Crippen LogP) is 3.39. The van der Waals surface area contributed by atoms with Gasteiger partial charge in [0.25, 0.3) is 0 Å². The number of nitrogens with one attached hydrogen (secondary N) is 1. The van der Waals surface area contributed by atoms with Crippen molar-refractivity contribution in [2.45, 2.75) is 30.6 Å². The summed E-state index contributed by atoms with van der Waals surface area (Å²) in [4.78, 5) is 0. The Hall–Kier alpha value is -1.21. The Morgan fingerprint density at radius 3 is 3.00 bits per heavy atom. The van der Waals surface area contributed by atoms with Gasteiger partial charge in [-0.1, -0.05) is 12.5 Å². The van der Waals surface area contributed by atoms with Crippen LogP contribution in [0.5, 0.6) is 0 Å². The van der Waals surface area contributed by atoms with Gasteiger partial charge in [0, 0.05) is 11.3 Å². The minimum Gasteiger partial charge on any atom is -0.380 e. The van der Waals surface area contributed by atoms with E-state index in [1.807, 2.05) is 17.8 Å². The maximum absolute atomic E-state index is 13.4. The zero-order valence-electron chi connectivity index (χ0n) is 9.74. The third kappa shape index (κ3) is 2.55. The fraction of sp³-hybridized carbons (Fsp3) is 0.462. The van der Waals surface area contributed by atoms with Crippen molar-refractivity contribution in [3.8, 4) is 6.07 Å². The molecule has 1 aromatic rings. The van der Waals surface area contributed by atoms with Crippen LogP contribution in [-0.2, 0) is 0 Å². The second-order valence-corrected chi connectivity index (χ2v) is 5.31. The molecule has 17 heavy (non-hydrogen) atoms. The van der Waals surface area contributed by atoms with Crippen LogP contribution in [0.25, 0.3) is 0 Å². The molecular formula is C13H15FN2S. The molecule has 90 valence electrons. The Balaban J connectivity index is 2.19. The fourth-order valence-corrected chi connectivity index (χ4v) is 3.27. The summed E-state index contributed by atoms with van der Waals surface area (Å²) in [6.45, 7) is 0. The average Bonchev–Trinajstić information content (AvgIpc) is 2.77. The molecule has 1 aliphatic rings. The molecule has 0 aliphatic heterocycles. The van der Waals surface area contributed by atoms with Gasteiger partial charge in [0.05, 0.1) is 5.69 Å².